The Labute approximate surface area is 146 Å². The van der Waals surface area contributed by atoms with E-state index in [1.807, 2.05) is 20.8 Å². The van der Waals surface area contributed by atoms with Crippen molar-refractivity contribution < 1.29 is 19.0 Å². The van der Waals surface area contributed by atoms with Crippen LogP contribution < -0.4 is 0 Å². The first-order chi connectivity index (χ1) is 11.0. The van der Waals surface area contributed by atoms with E-state index in [-0.39, 0.29) is 19.8 Å². The molecule has 0 amide bonds. The monoisotopic (exact) mass is 334 g/mol. The Morgan fingerprint density at radius 2 is 1.12 bits per heavy atom. The predicted molar refractivity (Wildman–Crippen MR) is 98.3 cm³/mol. The van der Waals surface area contributed by atoms with Crippen LogP contribution in [0, 0.1) is 5.41 Å². The zero-order valence-electron chi connectivity index (χ0n) is 15.5. The van der Waals surface area contributed by atoms with E-state index in [0.717, 1.165) is 11.1 Å². The maximum atomic E-state index is 11.7. The van der Waals surface area contributed by atoms with E-state index in [2.05, 4.69) is 32.9 Å². The second-order valence-electron chi connectivity index (χ2n) is 6.19. The van der Waals surface area contributed by atoms with E-state index in [4.69, 9.17) is 14.2 Å². The van der Waals surface area contributed by atoms with Crippen molar-refractivity contribution in [2.45, 2.75) is 34.1 Å². The van der Waals surface area contributed by atoms with Crippen molar-refractivity contribution in [3.8, 4) is 0 Å². The Hall–Kier alpha value is -2.23. The Kier molecular flexibility index (Phi) is 8.90. The van der Waals surface area contributed by atoms with Gasteiger partial charge in [-0.1, -0.05) is 39.8 Å². The van der Waals surface area contributed by atoms with Crippen molar-refractivity contribution in [3.63, 3.8) is 0 Å². The average molecular weight is 334 g/mol. The smallest absolute Gasteiger partial charge is 0.333 e. The third-order valence-electron chi connectivity index (χ3n) is 3.67. The number of allylic oxidation sites excluding steroid dienone is 2. The van der Waals surface area contributed by atoms with E-state index < -0.39 is 11.4 Å². The summed E-state index contributed by atoms with van der Waals surface area (Å²) < 4.78 is 16.8. The first kappa shape index (κ1) is 21.8. The van der Waals surface area contributed by atoms with Gasteiger partial charge in [-0.3, -0.25) is 0 Å². The maximum Gasteiger partial charge on any atom is 0.333 e. The lowest BCUT2D eigenvalue weighted by Gasteiger charge is -2.32. The van der Waals surface area contributed by atoms with Gasteiger partial charge >= 0.3 is 5.97 Å². The van der Waals surface area contributed by atoms with Gasteiger partial charge in [0.15, 0.2) is 0 Å². The van der Waals surface area contributed by atoms with Crippen LogP contribution in [0.1, 0.15) is 34.1 Å². The third-order valence-corrected chi connectivity index (χ3v) is 3.67. The lowest BCUT2D eigenvalue weighted by atomic mass is 9.87. The molecule has 4 nitrogen and oxygen atoms in total. The second kappa shape index (κ2) is 9.81. The van der Waals surface area contributed by atoms with Crippen molar-refractivity contribution in [1.82, 2.24) is 0 Å². The molecule has 0 aliphatic heterocycles. The van der Waals surface area contributed by atoms with Crippen molar-refractivity contribution in [1.29, 1.82) is 0 Å². The fourth-order valence-corrected chi connectivity index (χ4v) is 1.50. The minimum absolute atomic E-state index is 0.141. The summed E-state index contributed by atoms with van der Waals surface area (Å²) in [5.41, 5.74) is 1.29. The molecule has 0 radical (unpaired) electrons. The van der Waals surface area contributed by atoms with E-state index in [9.17, 15) is 4.79 Å². The zero-order valence-corrected chi connectivity index (χ0v) is 15.5. The van der Waals surface area contributed by atoms with Crippen molar-refractivity contribution in [3.05, 3.63) is 61.1 Å². The SMILES string of the molecule is C=C(C)C(=C)OCC(CC)(COC(=C)C(=C)C)COC(=O)C(=C)C. The molecule has 0 unspecified atom stereocenters. The van der Waals surface area contributed by atoms with Gasteiger partial charge in [0.2, 0.25) is 0 Å². The maximum absolute atomic E-state index is 11.7. The minimum atomic E-state index is -0.540. The minimum Gasteiger partial charge on any atom is -0.493 e. The van der Waals surface area contributed by atoms with Gasteiger partial charge in [0.1, 0.15) is 31.3 Å². The van der Waals surface area contributed by atoms with Crippen LogP contribution in [0.3, 0.4) is 0 Å². The summed E-state index contributed by atoms with van der Waals surface area (Å²) in [7, 11) is 0. The van der Waals surface area contributed by atoms with Crippen LogP contribution in [0.15, 0.2) is 61.1 Å². The summed E-state index contributed by atoms with van der Waals surface area (Å²) in [5.74, 6) is 0.556. The highest BCUT2D eigenvalue weighted by molar-refractivity contribution is 5.86. The van der Waals surface area contributed by atoms with Crippen LogP contribution in [0.25, 0.3) is 0 Å². The van der Waals surface area contributed by atoms with Crippen LogP contribution in [-0.4, -0.2) is 25.8 Å². The van der Waals surface area contributed by atoms with E-state index in [0.29, 0.717) is 23.5 Å². The fraction of sp³-hybridized carbons (Fsp3) is 0.450. The Bertz CT molecular complexity index is 466. The number of carbonyl (C=O) groups is 1. The number of hydrogen-bond donors (Lipinski definition) is 0. The van der Waals surface area contributed by atoms with Crippen LogP contribution in [0.5, 0.6) is 0 Å². The number of carbonyl (C=O) groups excluding carboxylic acids is 1. The number of ether oxygens (including phenoxy) is 3. The molecule has 0 atom stereocenters. The van der Waals surface area contributed by atoms with E-state index >= 15 is 0 Å². The van der Waals surface area contributed by atoms with Gasteiger partial charge in [-0.05, 0) is 38.3 Å². The Morgan fingerprint density at radius 3 is 1.42 bits per heavy atom. The molecular weight excluding hydrogens is 304 g/mol. The van der Waals surface area contributed by atoms with Crippen molar-refractivity contribution in [2.75, 3.05) is 19.8 Å². The first-order valence-electron chi connectivity index (χ1n) is 7.82. The molecule has 0 spiro atoms. The lowest BCUT2D eigenvalue weighted by molar-refractivity contribution is -0.145. The van der Waals surface area contributed by atoms with E-state index in [1.54, 1.807) is 6.92 Å². The molecule has 134 valence electrons. The lowest BCUT2D eigenvalue weighted by Crippen LogP contribution is -2.37. The van der Waals surface area contributed by atoms with Gasteiger partial charge in [-0.15, -0.1) is 0 Å². The van der Waals surface area contributed by atoms with Gasteiger partial charge < -0.3 is 14.2 Å². The molecular formula is C20H30O4. The topological polar surface area (TPSA) is 44.8 Å². The summed E-state index contributed by atoms with van der Waals surface area (Å²) in [4.78, 5) is 11.7. The third kappa shape index (κ3) is 7.36. The molecule has 0 bridgehead atoms. The normalized spacial score (nSPS) is 10.5. The molecule has 0 rings (SSSR count). The van der Waals surface area contributed by atoms with Gasteiger partial charge in [-0.2, -0.15) is 0 Å². The largest absolute Gasteiger partial charge is 0.493 e. The molecule has 0 saturated carbocycles. The molecule has 0 fully saturated rings. The molecule has 0 aliphatic carbocycles. The van der Waals surface area contributed by atoms with Crippen LogP contribution in [0.4, 0.5) is 0 Å². The summed E-state index contributed by atoms with van der Waals surface area (Å²) >= 11 is 0. The van der Waals surface area contributed by atoms with Gasteiger partial charge in [-0.25, -0.2) is 4.79 Å². The molecule has 0 heterocycles. The molecule has 24 heavy (non-hydrogen) atoms. The molecule has 0 aliphatic rings. The Balaban J connectivity index is 5.11. The highest BCUT2D eigenvalue weighted by Crippen LogP contribution is 2.27. The van der Waals surface area contributed by atoms with Crippen LogP contribution in [-0.2, 0) is 19.0 Å². The zero-order chi connectivity index (χ0) is 18.9. The summed E-state index contributed by atoms with van der Waals surface area (Å²) in [6.45, 7) is 26.7. The molecule has 4 heteroatoms. The van der Waals surface area contributed by atoms with Crippen LogP contribution in [0.2, 0.25) is 0 Å². The predicted octanol–water partition coefficient (Wildman–Crippen LogP) is 4.71. The van der Waals surface area contributed by atoms with Gasteiger partial charge in [0.05, 0.1) is 5.41 Å². The van der Waals surface area contributed by atoms with Gasteiger partial charge in [0.25, 0.3) is 0 Å². The fourth-order valence-electron chi connectivity index (χ4n) is 1.50. The molecule has 0 aromatic carbocycles. The number of rotatable bonds is 12. The number of hydrogen-bond acceptors (Lipinski definition) is 4. The van der Waals surface area contributed by atoms with Crippen molar-refractivity contribution >= 4 is 5.97 Å². The highest BCUT2D eigenvalue weighted by Gasteiger charge is 2.33. The first-order valence-corrected chi connectivity index (χ1v) is 7.82. The number of esters is 1. The van der Waals surface area contributed by atoms with Crippen molar-refractivity contribution in [2.24, 2.45) is 5.41 Å². The van der Waals surface area contributed by atoms with Gasteiger partial charge in [0, 0.05) is 5.57 Å². The standard InChI is InChI=1S/C20H30O4/c1-10-20(11-22-17(8)14(2)3,12-23-18(9)15(4)5)13-24-19(21)16(6)7/h2,4,6,8-13H2,1,3,5,7H3. The van der Waals surface area contributed by atoms with E-state index in [1.165, 1.54) is 0 Å². The highest BCUT2D eigenvalue weighted by atomic mass is 16.5. The quantitative estimate of drug-likeness (QED) is 0.224. The molecule has 0 saturated heterocycles. The van der Waals surface area contributed by atoms with Crippen LogP contribution >= 0.6 is 0 Å². The molecule has 0 aromatic rings. The summed E-state index contributed by atoms with van der Waals surface area (Å²) in [6.07, 6.45) is 0.670. The summed E-state index contributed by atoms with van der Waals surface area (Å²) in [5, 5.41) is 0. The Morgan fingerprint density at radius 1 is 0.750 bits per heavy atom. The molecule has 0 aromatic heterocycles. The molecule has 0 N–H and O–H groups in total. The summed E-state index contributed by atoms with van der Waals surface area (Å²) in [6, 6.07) is 0. The second-order valence-corrected chi connectivity index (χ2v) is 6.19. The average Bonchev–Trinajstić information content (AvgIpc) is 2.53.